The first-order valence-electron chi connectivity index (χ1n) is 8.49. The fourth-order valence-electron chi connectivity index (χ4n) is 3.95. The van der Waals surface area contributed by atoms with Gasteiger partial charge in [-0.25, -0.2) is 0 Å². The number of aryl methyl sites for hydroxylation is 4. The zero-order valence-electron chi connectivity index (χ0n) is 14.8. The van der Waals surface area contributed by atoms with E-state index in [0.717, 1.165) is 32.6 Å². The number of nitrogens with zero attached hydrogens (tertiary/aromatic N) is 1. The molecule has 3 nitrogen and oxygen atoms in total. The van der Waals surface area contributed by atoms with Crippen LogP contribution in [0.1, 0.15) is 45.8 Å². The normalized spacial score (nSPS) is 20.7. The lowest BCUT2D eigenvalue weighted by Gasteiger charge is -2.12. The molecule has 0 aliphatic carbocycles. The second kappa shape index (κ2) is 6.31. The van der Waals surface area contributed by atoms with Crippen molar-refractivity contribution in [2.75, 3.05) is 0 Å². The fourth-order valence-corrected chi connectivity index (χ4v) is 3.95. The molecule has 2 atom stereocenters. The van der Waals surface area contributed by atoms with Crippen LogP contribution in [0.15, 0.2) is 36.4 Å². The van der Waals surface area contributed by atoms with Crippen molar-refractivity contribution in [3.8, 4) is 0 Å². The molecule has 2 aromatic carbocycles. The van der Waals surface area contributed by atoms with E-state index in [1.54, 1.807) is 0 Å². The number of Topliss-reactive ketones (excluding diaryl/α,β-unsaturated/α-hetero) is 1. The van der Waals surface area contributed by atoms with Gasteiger partial charge in [-0.05, 0) is 49.9 Å². The second-order valence-electron chi connectivity index (χ2n) is 7.03. The van der Waals surface area contributed by atoms with Gasteiger partial charge in [-0.3, -0.25) is 4.79 Å². The molecule has 0 aromatic heterocycles. The lowest BCUT2D eigenvalue weighted by atomic mass is 9.92. The molecule has 2 aromatic rings. The molecule has 1 fully saturated rings. The summed E-state index contributed by atoms with van der Waals surface area (Å²) in [6.07, 6.45) is 0.956. The van der Waals surface area contributed by atoms with E-state index in [2.05, 4.69) is 12.1 Å². The van der Waals surface area contributed by atoms with Crippen LogP contribution < -0.4 is 0 Å². The van der Waals surface area contributed by atoms with Crippen LogP contribution in [0.4, 0.5) is 0 Å². The molecule has 0 radical (unpaired) electrons. The highest BCUT2D eigenvalue weighted by atomic mass is 16.3. The van der Waals surface area contributed by atoms with Crippen molar-refractivity contribution in [3.05, 3.63) is 74.7 Å². The summed E-state index contributed by atoms with van der Waals surface area (Å²) in [6.45, 7) is 8.07. The van der Waals surface area contributed by atoms with Crippen LogP contribution in [-0.2, 0) is 11.2 Å². The van der Waals surface area contributed by atoms with Crippen LogP contribution in [0.3, 0.4) is 0 Å². The first kappa shape index (κ1) is 16.6. The average molecular weight is 322 g/mol. The monoisotopic (exact) mass is 322 g/mol. The van der Waals surface area contributed by atoms with Gasteiger partial charge in [0.05, 0.1) is 6.42 Å². The molecule has 3 rings (SSSR count). The summed E-state index contributed by atoms with van der Waals surface area (Å²) in [5, 5.41) is 0. The van der Waals surface area contributed by atoms with E-state index in [1.807, 2.05) is 52.0 Å². The maximum atomic E-state index is 12.9. The maximum Gasteiger partial charge on any atom is 0.284 e. The Hall–Kier alpha value is -2.29. The van der Waals surface area contributed by atoms with Crippen LogP contribution in [0.2, 0.25) is 0 Å². The topological polar surface area (TPSA) is 37.1 Å². The zero-order valence-corrected chi connectivity index (χ0v) is 14.8. The minimum atomic E-state index is -0.653. The van der Waals surface area contributed by atoms with Crippen LogP contribution in [0.5, 0.6) is 0 Å². The van der Waals surface area contributed by atoms with E-state index in [1.165, 1.54) is 5.56 Å². The number of benzene rings is 2. The Morgan fingerprint density at radius 1 is 1.00 bits per heavy atom. The van der Waals surface area contributed by atoms with Crippen molar-refractivity contribution in [2.45, 2.75) is 52.6 Å². The molecular weight excluding hydrogens is 298 g/mol. The second-order valence-corrected chi connectivity index (χ2v) is 7.03. The third-order valence-corrected chi connectivity index (χ3v) is 5.08. The molecular formula is C21H24NO2+. The minimum Gasteiger partial charge on any atom is -0.291 e. The van der Waals surface area contributed by atoms with E-state index >= 15 is 0 Å². The largest absolute Gasteiger partial charge is 0.291 e. The molecule has 1 aliphatic heterocycles. The highest BCUT2D eigenvalue weighted by molar-refractivity contribution is 5.86. The third kappa shape index (κ3) is 2.91. The van der Waals surface area contributed by atoms with Gasteiger partial charge in [0.1, 0.15) is 0 Å². The number of ketones is 1. The predicted octanol–water partition coefficient (Wildman–Crippen LogP) is 4.32. The van der Waals surface area contributed by atoms with Gasteiger partial charge in [-0.15, -0.1) is 0 Å². The number of hydrogen-bond donors (Lipinski definition) is 0. The summed E-state index contributed by atoms with van der Waals surface area (Å²) in [4.78, 5) is 25.5. The summed E-state index contributed by atoms with van der Waals surface area (Å²) in [7, 11) is 0. The van der Waals surface area contributed by atoms with Gasteiger partial charge in [0, 0.05) is 21.7 Å². The average Bonchev–Trinajstić information content (AvgIpc) is 2.76. The van der Waals surface area contributed by atoms with Crippen molar-refractivity contribution in [1.29, 1.82) is 0 Å². The van der Waals surface area contributed by atoms with E-state index in [0.29, 0.717) is 12.8 Å². The Bertz CT molecular complexity index is 799. The first-order valence-corrected chi connectivity index (χ1v) is 8.49. The van der Waals surface area contributed by atoms with Crippen molar-refractivity contribution in [2.24, 2.45) is 0 Å². The van der Waals surface area contributed by atoms with Crippen LogP contribution in [-0.4, -0.2) is 16.6 Å². The van der Waals surface area contributed by atoms with Gasteiger partial charge in [-0.2, -0.15) is 0 Å². The molecule has 0 bridgehead atoms. The summed E-state index contributed by atoms with van der Waals surface area (Å²) in [5.74, 6) is 0.0404. The lowest BCUT2D eigenvalue weighted by molar-refractivity contribution is -0.598. The highest BCUT2D eigenvalue weighted by Gasteiger charge is 2.50. The molecule has 124 valence electrons. The Morgan fingerprint density at radius 3 is 2.25 bits per heavy atom. The van der Waals surface area contributed by atoms with Gasteiger partial charge in [-0.1, -0.05) is 42.0 Å². The maximum absolute atomic E-state index is 12.9. The predicted molar refractivity (Wildman–Crippen MR) is 95.3 cm³/mol. The highest BCUT2D eigenvalue weighted by Crippen LogP contribution is 2.35. The van der Waals surface area contributed by atoms with E-state index in [-0.39, 0.29) is 11.8 Å². The van der Waals surface area contributed by atoms with Crippen LogP contribution >= 0.6 is 0 Å². The standard InChI is InChI=1S/C21H24NO2/c1-13-9-15(3)20(16(4)10-13)21-19(23)12-18(22(21)24)11-17-8-6-5-7-14(17)2/h5-10,18,21H,11-12H2,1-4H3/q+1. The molecule has 0 N–H and O–H groups in total. The summed E-state index contributed by atoms with van der Waals surface area (Å²) < 4.78 is 1.04. The van der Waals surface area contributed by atoms with Gasteiger partial charge >= 0.3 is 0 Å². The number of rotatable bonds is 3. The molecule has 3 heteroatoms. The Balaban J connectivity index is 1.92. The Labute approximate surface area is 143 Å². The van der Waals surface area contributed by atoms with Gasteiger partial charge in [0.15, 0.2) is 0 Å². The van der Waals surface area contributed by atoms with E-state index < -0.39 is 6.04 Å². The van der Waals surface area contributed by atoms with Crippen LogP contribution in [0, 0.1) is 32.6 Å². The number of nitroso groups, excluding NO2 is 1. The number of carbonyl (C=O) groups is 1. The van der Waals surface area contributed by atoms with Gasteiger partial charge in [0.2, 0.25) is 11.8 Å². The molecule has 0 spiro atoms. The Kier molecular flexibility index (Phi) is 4.35. The molecule has 24 heavy (non-hydrogen) atoms. The van der Waals surface area contributed by atoms with E-state index in [9.17, 15) is 9.70 Å². The summed E-state index contributed by atoms with van der Waals surface area (Å²) >= 11 is 0. The van der Waals surface area contributed by atoms with Crippen LogP contribution in [0.25, 0.3) is 0 Å². The lowest BCUT2D eigenvalue weighted by Crippen LogP contribution is -2.23. The SMILES string of the molecule is Cc1cc(C)c(C2C(=O)CC(Cc3ccccc3C)[N+]2=O)c(C)c1. The molecule has 0 amide bonds. The summed E-state index contributed by atoms with van der Waals surface area (Å²) in [6, 6.07) is 11.3. The van der Waals surface area contributed by atoms with Crippen molar-refractivity contribution in [3.63, 3.8) is 0 Å². The van der Waals surface area contributed by atoms with Crippen molar-refractivity contribution < 1.29 is 9.55 Å². The molecule has 1 saturated heterocycles. The third-order valence-electron chi connectivity index (χ3n) is 5.08. The van der Waals surface area contributed by atoms with Crippen molar-refractivity contribution in [1.82, 2.24) is 0 Å². The molecule has 2 unspecified atom stereocenters. The fraction of sp³-hybridized carbons (Fsp3) is 0.381. The smallest absolute Gasteiger partial charge is 0.284 e. The molecule has 0 saturated carbocycles. The molecule has 1 aliphatic rings. The summed E-state index contributed by atoms with van der Waals surface area (Å²) in [5.41, 5.74) is 6.44. The van der Waals surface area contributed by atoms with E-state index in [4.69, 9.17) is 0 Å². The van der Waals surface area contributed by atoms with Gasteiger partial charge < -0.3 is 0 Å². The minimum absolute atomic E-state index is 0.0404. The van der Waals surface area contributed by atoms with Gasteiger partial charge in [0.25, 0.3) is 6.04 Å². The number of carbonyl (C=O) groups excluding carboxylic acids is 1. The number of hydrogen-bond acceptors (Lipinski definition) is 2. The molecule has 1 heterocycles. The quantitative estimate of drug-likeness (QED) is 0.789. The zero-order chi connectivity index (χ0) is 17.4. The van der Waals surface area contributed by atoms with Crippen molar-refractivity contribution >= 4 is 5.78 Å². The Morgan fingerprint density at radius 2 is 1.62 bits per heavy atom. The first-order chi connectivity index (χ1) is 11.4.